The Morgan fingerprint density at radius 3 is 2.74 bits per heavy atom. The number of sulfonamides is 1. The summed E-state index contributed by atoms with van der Waals surface area (Å²) in [4.78, 5) is 3.83. The number of nitrogens with one attached hydrogen (secondary N) is 1. The predicted molar refractivity (Wildman–Crippen MR) is 68.6 cm³/mol. The van der Waals surface area contributed by atoms with Gasteiger partial charge in [-0.25, -0.2) is 13.6 Å². The molecule has 1 aromatic carbocycles. The van der Waals surface area contributed by atoms with Crippen LogP contribution in [0.5, 0.6) is 0 Å². The van der Waals surface area contributed by atoms with Crippen LogP contribution in [0.4, 0.5) is 11.4 Å². The number of primary sulfonamides is 1. The van der Waals surface area contributed by atoms with E-state index in [1.54, 1.807) is 13.0 Å². The van der Waals surface area contributed by atoms with Gasteiger partial charge in [-0.2, -0.15) is 4.98 Å². The Morgan fingerprint density at radius 1 is 1.42 bits per heavy atom. The summed E-state index contributed by atoms with van der Waals surface area (Å²) < 4.78 is 27.5. The number of hydrogen-bond donors (Lipinski definition) is 3. The van der Waals surface area contributed by atoms with Crippen molar-refractivity contribution in [3.8, 4) is 0 Å². The molecule has 19 heavy (non-hydrogen) atoms. The molecule has 0 atom stereocenters. The SMILES string of the molecule is Cc1c(NCc2ncon2)cc(N)cc1S(N)(=O)=O. The lowest BCUT2D eigenvalue weighted by Crippen LogP contribution is -2.15. The third kappa shape index (κ3) is 3.01. The molecule has 0 saturated carbocycles. The van der Waals surface area contributed by atoms with Crippen LogP contribution in [0.2, 0.25) is 0 Å². The predicted octanol–water partition coefficient (Wildman–Crippen LogP) is 0.220. The van der Waals surface area contributed by atoms with Gasteiger partial charge in [-0.1, -0.05) is 5.16 Å². The first-order valence-corrected chi connectivity index (χ1v) is 6.84. The summed E-state index contributed by atoms with van der Waals surface area (Å²) in [7, 11) is -3.82. The third-order valence-electron chi connectivity index (χ3n) is 2.53. The smallest absolute Gasteiger partial charge is 0.238 e. The Balaban J connectivity index is 2.33. The van der Waals surface area contributed by atoms with Gasteiger partial charge in [0.2, 0.25) is 16.4 Å². The van der Waals surface area contributed by atoms with E-state index >= 15 is 0 Å². The summed E-state index contributed by atoms with van der Waals surface area (Å²) in [6.45, 7) is 1.92. The van der Waals surface area contributed by atoms with E-state index in [9.17, 15) is 8.42 Å². The number of benzene rings is 1. The van der Waals surface area contributed by atoms with Crippen LogP contribution in [0.3, 0.4) is 0 Å². The van der Waals surface area contributed by atoms with Crippen molar-refractivity contribution in [2.24, 2.45) is 5.14 Å². The lowest BCUT2D eigenvalue weighted by atomic mass is 10.2. The fourth-order valence-corrected chi connectivity index (χ4v) is 2.47. The molecule has 0 fully saturated rings. The van der Waals surface area contributed by atoms with Crippen molar-refractivity contribution in [2.45, 2.75) is 18.4 Å². The minimum Gasteiger partial charge on any atom is -0.399 e. The second-order valence-corrected chi connectivity index (χ2v) is 5.47. The summed E-state index contributed by atoms with van der Waals surface area (Å²) in [6, 6.07) is 2.94. The molecule has 1 aromatic heterocycles. The van der Waals surface area contributed by atoms with E-state index in [0.29, 0.717) is 22.8 Å². The maximum atomic E-state index is 11.4. The van der Waals surface area contributed by atoms with Gasteiger partial charge in [0, 0.05) is 11.4 Å². The van der Waals surface area contributed by atoms with E-state index in [2.05, 4.69) is 20.0 Å². The van der Waals surface area contributed by atoms with Gasteiger partial charge >= 0.3 is 0 Å². The lowest BCUT2D eigenvalue weighted by molar-refractivity contribution is 0.411. The zero-order chi connectivity index (χ0) is 14.0. The Kier molecular flexibility index (Phi) is 3.40. The van der Waals surface area contributed by atoms with E-state index in [1.165, 1.54) is 12.5 Å². The quantitative estimate of drug-likeness (QED) is 0.682. The van der Waals surface area contributed by atoms with E-state index in [1.807, 2.05) is 0 Å². The molecule has 0 saturated heterocycles. The normalized spacial score (nSPS) is 11.5. The standard InChI is InChI=1S/C10H13N5O3S/c1-6-8(13-4-10-14-5-18-15-10)2-7(11)3-9(6)19(12,16)17/h2-3,5,13H,4,11H2,1H3,(H2,12,16,17). The van der Waals surface area contributed by atoms with Crippen molar-refractivity contribution < 1.29 is 12.9 Å². The summed E-state index contributed by atoms with van der Waals surface area (Å²) in [6.07, 6.45) is 1.21. The van der Waals surface area contributed by atoms with Crippen LogP contribution in [-0.2, 0) is 16.6 Å². The van der Waals surface area contributed by atoms with Gasteiger partial charge in [-0.15, -0.1) is 0 Å². The highest BCUT2D eigenvalue weighted by Gasteiger charge is 2.15. The van der Waals surface area contributed by atoms with E-state index < -0.39 is 10.0 Å². The highest BCUT2D eigenvalue weighted by molar-refractivity contribution is 7.89. The number of hydrogen-bond acceptors (Lipinski definition) is 7. The molecule has 0 bridgehead atoms. The summed E-state index contributed by atoms with van der Waals surface area (Å²) in [5.74, 6) is 0.444. The summed E-state index contributed by atoms with van der Waals surface area (Å²) >= 11 is 0. The molecule has 102 valence electrons. The minimum absolute atomic E-state index is 0.0110. The number of nitrogen functional groups attached to an aromatic ring is 1. The van der Waals surface area contributed by atoms with Crippen LogP contribution in [0.25, 0.3) is 0 Å². The van der Waals surface area contributed by atoms with Crippen LogP contribution in [0.1, 0.15) is 11.4 Å². The molecular weight excluding hydrogens is 270 g/mol. The molecule has 2 rings (SSSR count). The van der Waals surface area contributed by atoms with Gasteiger partial charge in [0.15, 0.2) is 5.82 Å². The average Bonchev–Trinajstić information content (AvgIpc) is 2.81. The van der Waals surface area contributed by atoms with Crippen LogP contribution >= 0.6 is 0 Å². The first-order valence-electron chi connectivity index (χ1n) is 5.30. The van der Waals surface area contributed by atoms with E-state index in [-0.39, 0.29) is 11.4 Å². The van der Waals surface area contributed by atoms with Gasteiger partial charge in [-0.3, -0.25) is 0 Å². The fraction of sp³-hybridized carbons (Fsp3) is 0.200. The third-order valence-corrected chi connectivity index (χ3v) is 3.57. The monoisotopic (exact) mass is 283 g/mol. The molecule has 9 heteroatoms. The van der Waals surface area contributed by atoms with Crippen molar-refractivity contribution in [2.75, 3.05) is 11.1 Å². The molecule has 5 N–H and O–H groups in total. The number of nitrogens with two attached hydrogens (primary N) is 2. The lowest BCUT2D eigenvalue weighted by Gasteiger charge is -2.12. The van der Waals surface area contributed by atoms with Crippen LogP contribution in [-0.4, -0.2) is 18.6 Å². The summed E-state index contributed by atoms with van der Waals surface area (Å²) in [5, 5.41) is 11.8. The second-order valence-electron chi connectivity index (χ2n) is 3.94. The first-order chi connectivity index (χ1) is 8.88. The van der Waals surface area contributed by atoms with Crippen molar-refractivity contribution in [3.05, 3.63) is 29.9 Å². The molecule has 0 amide bonds. The number of aromatic nitrogens is 2. The zero-order valence-corrected chi connectivity index (χ0v) is 10.9. The Hall–Kier alpha value is -2.13. The van der Waals surface area contributed by atoms with Crippen LogP contribution in [0.15, 0.2) is 27.9 Å². The van der Waals surface area contributed by atoms with Gasteiger partial charge in [0.25, 0.3) is 0 Å². The molecule has 0 aliphatic rings. The molecular formula is C10H13N5O3S. The van der Waals surface area contributed by atoms with Crippen molar-refractivity contribution in [3.63, 3.8) is 0 Å². The molecule has 1 heterocycles. The Bertz CT molecular complexity index is 681. The van der Waals surface area contributed by atoms with Crippen molar-refractivity contribution in [1.29, 1.82) is 0 Å². The maximum Gasteiger partial charge on any atom is 0.238 e. The first kappa shape index (κ1) is 13.3. The Morgan fingerprint density at radius 2 is 2.16 bits per heavy atom. The number of anilines is 2. The van der Waals surface area contributed by atoms with Crippen molar-refractivity contribution in [1.82, 2.24) is 10.1 Å². The van der Waals surface area contributed by atoms with Crippen LogP contribution < -0.4 is 16.2 Å². The summed E-state index contributed by atoms with van der Waals surface area (Å²) in [5.41, 5.74) is 7.00. The molecule has 0 aliphatic heterocycles. The molecule has 0 aliphatic carbocycles. The van der Waals surface area contributed by atoms with Gasteiger partial charge in [-0.05, 0) is 24.6 Å². The Labute approximate surface area is 109 Å². The molecule has 2 aromatic rings. The minimum atomic E-state index is -3.82. The molecule has 0 radical (unpaired) electrons. The highest BCUT2D eigenvalue weighted by Crippen LogP contribution is 2.26. The highest BCUT2D eigenvalue weighted by atomic mass is 32.2. The topological polar surface area (TPSA) is 137 Å². The van der Waals surface area contributed by atoms with Gasteiger partial charge < -0.3 is 15.6 Å². The molecule has 0 spiro atoms. The number of nitrogens with zero attached hydrogens (tertiary/aromatic N) is 2. The molecule has 8 nitrogen and oxygen atoms in total. The van der Waals surface area contributed by atoms with Crippen LogP contribution in [0, 0.1) is 6.92 Å². The average molecular weight is 283 g/mol. The fourth-order valence-electron chi connectivity index (χ4n) is 1.63. The van der Waals surface area contributed by atoms with Gasteiger partial charge in [0.1, 0.15) is 0 Å². The largest absolute Gasteiger partial charge is 0.399 e. The second kappa shape index (κ2) is 4.86. The molecule has 0 unspecified atom stereocenters. The van der Waals surface area contributed by atoms with Crippen molar-refractivity contribution >= 4 is 21.4 Å². The number of rotatable bonds is 4. The van der Waals surface area contributed by atoms with Gasteiger partial charge in [0.05, 0.1) is 11.4 Å². The van der Waals surface area contributed by atoms with E-state index in [0.717, 1.165) is 0 Å². The zero-order valence-electron chi connectivity index (χ0n) is 10.1. The van der Waals surface area contributed by atoms with E-state index in [4.69, 9.17) is 10.9 Å². The maximum absolute atomic E-state index is 11.4.